The van der Waals surface area contributed by atoms with Gasteiger partial charge in [0.25, 0.3) is 0 Å². The topological polar surface area (TPSA) is 109 Å². The molecule has 0 bridgehead atoms. The van der Waals surface area contributed by atoms with Crippen LogP contribution in [0.3, 0.4) is 0 Å². The second kappa shape index (κ2) is 11.2. The standard InChI is InChI=1S/C22H32N4O3.ClH/c1-2-29-21(27)18-7-9-19(10-8-18)25-22(28)26-13-11-16(12-14-26)15-3-5-17(6-4-15)20(23)24;/h3-6,16,18-19H,2,7-14H2,1H3,(H3,23,24)(H,25,28);1H/t18-,19-;. The van der Waals surface area contributed by atoms with Crippen LogP contribution in [0.2, 0.25) is 0 Å². The number of halogens is 1. The summed E-state index contributed by atoms with van der Waals surface area (Å²) >= 11 is 0. The Morgan fingerprint density at radius 1 is 1.10 bits per heavy atom. The lowest BCUT2D eigenvalue weighted by molar-refractivity contribution is -0.149. The minimum atomic E-state index is -0.101. The molecular formula is C22H33ClN4O3. The third kappa shape index (κ3) is 6.11. The molecular weight excluding hydrogens is 404 g/mol. The molecule has 1 aromatic carbocycles. The molecule has 1 aliphatic heterocycles. The summed E-state index contributed by atoms with van der Waals surface area (Å²) in [5, 5.41) is 10.6. The SMILES string of the molecule is CCOC(=O)[C@H]1CC[C@H](NC(=O)N2CCC(c3ccc(C(=N)N)cc3)CC2)CC1.Cl. The largest absolute Gasteiger partial charge is 0.466 e. The van der Waals surface area contributed by atoms with E-state index >= 15 is 0 Å². The van der Waals surface area contributed by atoms with E-state index in [9.17, 15) is 9.59 Å². The average molecular weight is 437 g/mol. The lowest BCUT2D eigenvalue weighted by Crippen LogP contribution is -2.48. The van der Waals surface area contributed by atoms with E-state index < -0.39 is 0 Å². The number of benzene rings is 1. The summed E-state index contributed by atoms with van der Waals surface area (Å²) in [5.41, 5.74) is 7.50. The van der Waals surface area contributed by atoms with Crippen LogP contribution in [-0.4, -0.2) is 48.5 Å². The van der Waals surface area contributed by atoms with Crippen molar-refractivity contribution in [3.8, 4) is 0 Å². The van der Waals surface area contributed by atoms with E-state index in [4.69, 9.17) is 15.9 Å². The highest BCUT2D eigenvalue weighted by molar-refractivity contribution is 5.94. The maximum atomic E-state index is 12.6. The molecule has 1 aliphatic carbocycles. The molecule has 7 nitrogen and oxygen atoms in total. The van der Waals surface area contributed by atoms with Crippen LogP contribution in [0.5, 0.6) is 0 Å². The first-order chi connectivity index (χ1) is 14.0. The molecule has 8 heteroatoms. The number of nitrogens with two attached hydrogens (primary N) is 1. The van der Waals surface area contributed by atoms with Crippen LogP contribution in [-0.2, 0) is 9.53 Å². The van der Waals surface area contributed by atoms with Crippen LogP contribution in [0.25, 0.3) is 0 Å². The highest BCUT2D eigenvalue weighted by Gasteiger charge is 2.30. The first-order valence-corrected chi connectivity index (χ1v) is 10.6. The molecule has 1 heterocycles. The van der Waals surface area contributed by atoms with Crippen LogP contribution in [0.4, 0.5) is 4.79 Å². The Morgan fingerprint density at radius 3 is 2.23 bits per heavy atom. The van der Waals surface area contributed by atoms with Crippen LogP contribution >= 0.6 is 12.4 Å². The van der Waals surface area contributed by atoms with Crippen molar-refractivity contribution in [3.05, 3.63) is 35.4 Å². The van der Waals surface area contributed by atoms with E-state index in [0.717, 1.165) is 57.2 Å². The van der Waals surface area contributed by atoms with Gasteiger partial charge in [-0.05, 0) is 56.9 Å². The van der Waals surface area contributed by atoms with Gasteiger partial charge in [-0.3, -0.25) is 10.2 Å². The van der Waals surface area contributed by atoms with Gasteiger partial charge in [-0.2, -0.15) is 0 Å². The summed E-state index contributed by atoms with van der Waals surface area (Å²) in [4.78, 5) is 26.4. The Kier molecular flexibility index (Phi) is 8.96. The van der Waals surface area contributed by atoms with E-state index in [1.54, 1.807) is 0 Å². The van der Waals surface area contributed by atoms with Gasteiger partial charge < -0.3 is 20.7 Å². The highest BCUT2D eigenvalue weighted by atomic mass is 35.5. The van der Waals surface area contributed by atoms with Crippen molar-refractivity contribution in [1.29, 1.82) is 5.41 Å². The summed E-state index contributed by atoms with van der Waals surface area (Å²) in [6, 6.07) is 8.02. The number of amides is 2. The molecule has 0 atom stereocenters. The zero-order valence-electron chi connectivity index (χ0n) is 17.6. The van der Waals surface area contributed by atoms with Gasteiger partial charge in [0.05, 0.1) is 12.5 Å². The highest BCUT2D eigenvalue weighted by Crippen LogP contribution is 2.29. The van der Waals surface area contributed by atoms with Gasteiger partial charge >= 0.3 is 12.0 Å². The number of rotatable bonds is 5. The summed E-state index contributed by atoms with van der Waals surface area (Å²) < 4.78 is 5.11. The molecule has 0 radical (unpaired) electrons. The maximum Gasteiger partial charge on any atom is 0.317 e. The number of carbonyl (C=O) groups excluding carboxylic acids is 2. The Labute approximate surface area is 184 Å². The Hall–Kier alpha value is -2.28. The van der Waals surface area contributed by atoms with Crippen molar-refractivity contribution in [1.82, 2.24) is 10.2 Å². The third-order valence-corrected chi connectivity index (χ3v) is 6.15. The molecule has 4 N–H and O–H groups in total. The summed E-state index contributed by atoms with van der Waals surface area (Å²) in [6.45, 7) is 3.73. The number of ether oxygens (including phenoxy) is 1. The fraction of sp³-hybridized carbons (Fsp3) is 0.591. The van der Waals surface area contributed by atoms with Crippen molar-refractivity contribution < 1.29 is 14.3 Å². The molecule has 1 saturated heterocycles. The average Bonchev–Trinajstić information content (AvgIpc) is 2.74. The monoisotopic (exact) mass is 436 g/mol. The second-order valence-corrected chi connectivity index (χ2v) is 8.05. The molecule has 0 unspecified atom stereocenters. The van der Waals surface area contributed by atoms with Gasteiger partial charge in [0.1, 0.15) is 5.84 Å². The fourth-order valence-corrected chi connectivity index (χ4v) is 4.35. The number of nitrogens with zero attached hydrogens (tertiary/aromatic N) is 1. The maximum absolute atomic E-state index is 12.6. The van der Waals surface area contributed by atoms with E-state index in [1.807, 2.05) is 36.1 Å². The molecule has 2 fully saturated rings. The predicted molar refractivity (Wildman–Crippen MR) is 119 cm³/mol. The molecule has 1 saturated carbocycles. The lowest BCUT2D eigenvalue weighted by atomic mass is 9.86. The van der Waals surface area contributed by atoms with Gasteiger partial charge in [0.2, 0.25) is 0 Å². The van der Waals surface area contributed by atoms with Crippen LogP contribution in [0.15, 0.2) is 24.3 Å². The second-order valence-electron chi connectivity index (χ2n) is 8.05. The smallest absolute Gasteiger partial charge is 0.317 e. The number of carbonyl (C=O) groups is 2. The predicted octanol–water partition coefficient (Wildman–Crippen LogP) is 3.40. The zero-order valence-corrected chi connectivity index (χ0v) is 18.4. The number of likely N-dealkylation sites (tertiary alicyclic amines) is 1. The van der Waals surface area contributed by atoms with Gasteiger partial charge in [-0.15, -0.1) is 12.4 Å². The Bertz CT molecular complexity index is 724. The summed E-state index contributed by atoms with van der Waals surface area (Å²) in [5.74, 6) is 0.392. The van der Waals surface area contributed by atoms with Crippen molar-refractivity contribution in [3.63, 3.8) is 0 Å². The van der Waals surface area contributed by atoms with Gasteiger partial charge in [-0.1, -0.05) is 24.3 Å². The molecule has 3 rings (SSSR count). The van der Waals surface area contributed by atoms with Crippen molar-refractivity contribution in [2.75, 3.05) is 19.7 Å². The molecule has 0 spiro atoms. The zero-order chi connectivity index (χ0) is 20.8. The number of esters is 1. The molecule has 30 heavy (non-hydrogen) atoms. The van der Waals surface area contributed by atoms with Crippen LogP contribution in [0, 0.1) is 11.3 Å². The lowest BCUT2D eigenvalue weighted by Gasteiger charge is -2.35. The third-order valence-electron chi connectivity index (χ3n) is 6.15. The van der Waals surface area contributed by atoms with E-state index in [0.29, 0.717) is 12.5 Å². The Morgan fingerprint density at radius 2 is 1.70 bits per heavy atom. The number of piperidine rings is 1. The number of hydrogen-bond donors (Lipinski definition) is 3. The fourth-order valence-electron chi connectivity index (χ4n) is 4.35. The van der Waals surface area contributed by atoms with Gasteiger partial charge in [0, 0.05) is 24.7 Å². The normalized spacial score (nSPS) is 22.0. The number of hydrogen-bond acceptors (Lipinski definition) is 4. The van der Waals surface area contributed by atoms with E-state index in [-0.39, 0.29) is 42.2 Å². The molecule has 0 aromatic heterocycles. The minimum absolute atomic E-state index is 0. The summed E-state index contributed by atoms with van der Waals surface area (Å²) in [7, 11) is 0. The van der Waals surface area contributed by atoms with E-state index in [2.05, 4.69) is 5.32 Å². The van der Waals surface area contributed by atoms with Crippen molar-refractivity contribution >= 4 is 30.2 Å². The Balaban J connectivity index is 0.00000320. The number of nitrogen functional groups attached to an aromatic ring is 1. The van der Waals surface area contributed by atoms with E-state index in [1.165, 1.54) is 5.56 Å². The number of urea groups is 1. The molecule has 2 amide bonds. The van der Waals surface area contributed by atoms with Crippen LogP contribution < -0.4 is 11.1 Å². The number of amidine groups is 1. The van der Waals surface area contributed by atoms with Gasteiger partial charge in [-0.25, -0.2) is 4.79 Å². The molecule has 166 valence electrons. The van der Waals surface area contributed by atoms with Crippen molar-refractivity contribution in [2.45, 2.75) is 57.4 Å². The van der Waals surface area contributed by atoms with Crippen molar-refractivity contribution in [2.24, 2.45) is 11.7 Å². The molecule has 2 aliphatic rings. The minimum Gasteiger partial charge on any atom is -0.466 e. The molecule has 1 aromatic rings. The van der Waals surface area contributed by atoms with Gasteiger partial charge in [0.15, 0.2) is 0 Å². The van der Waals surface area contributed by atoms with Crippen LogP contribution in [0.1, 0.15) is 62.5 Å². The summed E-state index contributed by atoms with van der Waals surface area (Å²) in [6.07, 6.45) is 5.08. The quantitative estimate of drug-likeness (QED) is 0.373. The first kappa shape index (κ1) is 24.0. The first-order valence-electron chi connectivity index (χ1n) is 10.6. The number of nitrogens with one attached hydrogen (secondary N) is 2.